The van der Waals surface area contributed by atoms with Crippen LogP contribution in [0, 0.1) is 5.92 Å². The number of amides is 1. The zero-order valence-corrected chi connectivity index (χ0v) is 16.0. The Hall–Kier alpha value is -1.34. The lowest BCUT2D eigenvalue weighted by molar-refractivity contribution is -0.133. The SMILES string of the molecule is CCc1cc2c(=O)n(CC(=O)N3CCC(C)CC3)c(SC)nc2s1. The number of hydrogen-bond donors (Lipinski definition) is 0. The Balaban J connectivity index is 1.91. The van der Waals surface area contributed by atoms with Crippen LogP contribution >= 0.6 is 23.1 Å². The molecule has 0 aliphatic carbocycles. The van der Waals surface area contributed by atoms with Gasteiger partial charge in [0.15, 0.2) is 5.16 Å². The summed E-state index contributed by atoms with van der Waals surface area (Å²) in [4.78, 5) is 33.9. The molecule has 3 heterocycles. The van der Waals surface area contributed by atoms with E-state index in [0.717, 1.165) is 42.1 Å². The molecule has 1 saturated heterocycles. The van der Waals surface area contributed by atoms with Gasteiger partial charge in [-0.05, 0) is 37.5 Å². The highest BCUT2D eigenvalue weighted by Crippen LogP contribution is 2.24. The van der Waals surface area contributed by atoms with Gasteiger partial charge in [0.05, 0.1) is 5.39 Å². The summed E-state index contributed by atoms with van der Waals surface area (Å²) in [5.41, 5.74) is -0.0981. The maximum atomic E-state index is 12.9. The van der Waals surface area contributed by atoms with E-state index in [1.165, 1.54) is 11.8 Å². The molecule has 1 amide bonds. The summed E-state index contributed by atoms with van der Waals surface area (Å²) in [6, 6.07) is 1.92. The summed E-state index contributed by atoms with van der Waals surface area (Å²) < 4.78 is 1.54. The van der Waals surface area contributed by atoms with Crippen LogP contribution in [0.2, 0.25) is 0 Å². The molecular formula is C17H23N3O2S2. The number of thiophene rings is 1. The van der Waals surface area contributed by atoms with E-state index in [4.69, 9.17) is 0 Å². The van der Waals surface area contributed by atoms with Gasteiger partial charge < -0.3 is 4.90 Å². The van der Waals surface area contributed by atoms with Gasteiger partial charge >= 0.3 is 0 Å². The number of carbonyl (C=O) groups excluding carboxylic acids is 1. The second kappa shape index (κ2) is 7.27. The van der Waals surface area contributed by atoms with Crippen LogP contribution in [0.5, 0.6) is 0 Å². The number of fused-ring (bicyclic) bond motifs is 1. The van der Waals surface area contributed by atoms with E-state index < -0.39 is 0 Å². The third-order valence-corrected chi connectivity index (χ3v) is 6.48. The topological polar surface area (TPSA) is 55.2 Å². The minimum Gasteiger partial charge on any atom is -0.341 e. The molecule has 3 rings (SSSR count). The molecule has 0 aromatic carbocycles. The normalized spacial score (nSPS) is 16.0. The third kappa shape index (κ3) is 3.37. The zero-order chi connectivity index (χ0) is 17.3. The zero-order valence-electron chi connectivity index (χ0n) is 14.4. The molecule has 0 saturated carbocycles. The van der Waals surface area contributed by atoms with Gasteiger partial charge in [0.25, 0.3) is 5.56 Å². The van der Waals surface area contributed by atoms with E-state index in [9.17, 15) is 9.59 Å². The number of nitrogens with zero attached hydrogens (tertiary/aromatic N) is 3. The Bertz CT molecular complexity index is 804. The number of aromatic nitrogens is 2. The molecule has 5 nitrogen and oxygen atoms in total. The van der Waals surface area contributed by atoms with Crippen LogP contribution in [0.1, 0.15) is 31.6 Å². The molecule has 1 aliphatic heterocycles. The maximum absolute atomic E-state index is 12.9. The van der Waals surface area contributed by atoms with Crippen LogP contribution in [-0.2, 0) is 17.8 Å². The lowest BCUT2D eigenvalue weighted by Crippen LogP contribution is -2.41. The average molecular weight is 366 g/mol. The van der Waals surface area contributed by atoms with E-state index in [1.807, 2.05) is 17.2 Å². The van der Waals surface area contributed by atoms with E-state index in [1.54, 1.807) is 15.9 Å². The van der Waals surface area contributed by atoms with E-state index >= 15 is 0 Å². The molecule has 24 heavy (non-hydrogen) atoms. The van der Waals surface area contributed by atoms with E-state index in [0.29, 0.717) is 16.5 Å². The number of likely N-dealkylation sites (tertiary alicyclic amines) is 1. The maximum Gasteiger partial charge on any atom is 0.263 e. The largest absolute Gasteiger partial charge is 0.341 e. The minimum atomic E-state index is -0.0981. The summed E-state index contributed by atoms with van der Waals surface area (Å²) in [5.74, 6) is 0.696. The Labute approximate surface area is 150 Å². The fourth-order valence-corrected chi connectivity index (χ4v) is 4.58. The van der Waals surface area contributed by atoms with Gasteiger partial charge in [-0.3, -0.25) is 14.2 Å². The molecule has 2 aromatic rings. The number of hydrogen-bond acceptors (Lipinski definition) is 5. The van der Waals surface area contributed by atoms with Crippen LogP contribution in [0.15, 0.2) is 16.0 Å². The van der Waals surface area contributed by atoms with Crippen LogP contribution in [0.4, 0.5) is 0 Å². The first-order valence-corrected chi connectivity index (χ1v) is 10.4. The van der Waals surface area contributed by atoms with Gasteiger partial charge in [0.1, 0.15) is 11.4 Å². The molecule has 2 aromatic heterocycles. The summed E-state index contributed by atoms with van der Waals surface area (Å²) in [7, 11) is 0. The van der Waals surface area contributed by atoms with Crippen molar-refractivity contribution in [3.05, 3.63) is 21.3 Å². The van der Waals surface area contributed by atoms with E-state index in [-0.39, 0.29) is 18.0 Å². The van der Waals surface area contributed by atoms with Gasteiger partial charge in [-0.1, -0.05) is 25.6 Å². The standard InChI is InChI=1S/C17H23N3O2S2/c1-4-12-9-13-15(24-12)18-17(23-3)20(16(13)22)10-14(21)19-7-5-11(2)6-8-19/h9,11H,4-8,10H2,1-3H3. The first-order chi connectivity index (χ1) is 11.5. The van der Waals surface area contributed by atoms with Crippen molar-refractivity contribution < 1.29 is 4.79 Å². The molecule has 0 N–H and O–H groups in total. The van der Waals surface area contributed by atoms with Crippen molar-refractivity contribution in [3.63, 3.8) is 0 Å². The molecule has 1 fully saturated rings. The van der Waals surface area contributed by atoms with Crippen LogP contribution < -0.4 is 5.56 Å². The summed E-state index contributed by atoms with van der Waals surface area (Å²) in [6.45, 7) is 5.95. The molecule has 0 bridgehead atoms. The van der Waals surface area contributed by atoms with Crippen LogP contribution in [0.3, 0.4) is 0 Å². The Morgan fingerprint density at radius 3 is 2.75 bits per heavy atom. The third-order valence-electron chi connectivity index (χ3n) is 4.63. The molecular weight excluding hydrogens is 342 g/mol. The number of piperidine rings is 1. The Morgan fingerprint density at radius 1 is 1.42 bits per heavy atom. The van der Waals surface area contributed by atoms with Crippen molar-refractivity contribution in [3.8, 4) is 0 Å². The predicted octanol–water partition coefficient (Wildman–Crippen LogP) is 3.00. The van der Waals surface area contributed by atoms with Crippen molar-refractivity contribution in [1.82, 2.24) is 14.5 Å². The van der Waals surface area contributed by atoms with Crippen LogP contribution in [-0.4, -0.2) is 39.7 Å². The monoisotopic (exact) mass is 365 g/mol. The Kier molecular flexibility index (Phi) is 5.30. The fourth-order valence-electron chi connectivity index (χ4n) is 3.01. The molecule has 0 atom stereocenters. The second-order valence-corrected chi connectivity index (χ2v) is 8.23. The summed E-state index contributed by atoms with van der Waals surface area (Å²) >= 11 is 2.98. The number of aryl methyl sites for hydroxylation is 1. The highest BCUT2D eigenvalue weighted by atomic mass is 32.2. The minimum absolute atomic E-state index is 0.0198. The highest BCUT2D eigenvalue weighted by Gasteiger charge is 2.22. The van der Waals surface area contributed by atoms with Crippen molar-refractivity contribution in [2.75, 3.05) is 19.3 Å². The highest BCUT2D eigenvalue weighted by molar-refractivity contribution is 7.98. The van der Waals surface area contributed by atoms with Gasteiger partial charge in [-0.2, -0.15) is 0 Å². The first kappa shape index (κ1) is 17.5. The van der Waals surface area contributed by atoms with Crippen molar-refractivity contribution in [2.45, 2.75) is 44.8 Å². The fraction of sp³-hybridized carbons (Fsp3) is 0.588. The quantitative estimate of drug-likeness (QED) is 0.617. The van der Waals surface area contributed by atoms with Crippen molar-refractivity contribution >= 4 is 39.2 Å². The number of carbonyl (C=O) groups is 1. The lowest BCUT2D eigenvalue weighted by atomic mass is 9.99. The molecule has 0 radical (unpaired) electrons. The summed E-state index contributed by atoms with van der Waals surface area (Å²) in [5, 5.41) is 1.26. The van der Waals surface area contributed by atoms with Crippen LogP contribution in [0.25, 0.3) is 10.2 Å². The van der Waals surface area contributed by atoms with Gasteiger partial charge in [-0.25, -0.2) is 4.98 Å². The second-order valence-electron chi connectivity index (χ2n) is 6.34. The van der Waals surface area contributed by atoms with Gasteiger partial charge in [-0.15, -0.1) is 11.3 Å². The number of rotatable bonds is 4. The molecule has 1 aliphatic rings. The predicted molar refractivity (Wildman–Crippen MR) is 100 cm³/mol. The average Bonchev–Trinajstić information content (AvgIpc) is 3.01. The number of thioether (sulfide) groups is 1. The van der Waals surface area contributed by atoms with Gasteiger partial charge in [0, 0.05) is 18.0 Å². The molecule has 0 spiro atoms. The van der Waals surface area contributed by atoms with Crippen molar-refractivity contribution in [2.24, 2.45) is 5.92 Å². The van der Waals surface area contributed by atoms with Gasteiger partial charge in [0.2, 0.25) is 5.91 Å². The molecule has 7 heteroatoms. The smallest absolute Gasteiger partial charge is 0.263 e. The Morgan fingerprint density at radius 2 is 2.12 bits per heavy atom. The lowest BCUT2D eigenvalue weighted by Gasteiger charge is -2.30. The molecule has 130 valence electrons. The van der Waals surface area contributed by atoms with E-state index in [2.05, 4.69) is 18.8 Å². The first-order valence-electron chi connectivity index (χ1n) is 8.38. The molecule has 0 unspecified atom stereocenters. The summed E-state index contributed by atoms with van der Waals surface area (Å²) in [6.07, 6.45) is 4.86. The van der Waals surface area contributed by atoms with Crippen molar-refractivity contribution in [1.29, 1.82) is 0 Å².